The number of carbonyl (C=O) groups is 1. The van der Waals surface area contributed by atoms with Gasteiger partial charge in [0.15, 0.2) is 5.65 Å². The van der Waals surface area contributed by atoms with Crippen molar-refractivity contribution in [2.75, 3.05) is 44.1 Å². The minimum atomic E-state index is -0.765. The Labute approximate surface area is 194 Å². The summed E-state index contributed by atoms with van der Waals surface area (Å²) in [4.78, 5) is 30.6. The first-order valence-corrected chi connectivity index (χ1v) is 11.2. The normalized spacial score (nSPS) is 22.6. The van der Waals surface area contributed by atoms with Crippen LogP contribution in [0.4, 0.5) is 17.3 Å². The van der Waals surface area contributed by atoms with Gasteiger partial charge in [-0.1, -0.05) is 0 Å². The summed E-state index contributed by atoms with van der Waals surface area (Å²) in [6.07, 6.45) is 4.21. The number of rotatable bonds is 6. The van der Waals surface area contributed by atoms with Crippen LogP contribution in [0.15, 0.2) is 35.4 Å². The number of fused-ring (bicyclic) bond motifs is 1. The molecule has 2 aliphatic rings. The van der Waals surface area contributed by atoms with Gasteiger partial charge in [-0.3, -0.25) is 9.59 Å². The topological polar surface area (TPSA) is 144 Å². The number of carbonyl (C=O) groups excluding carboxylic acids is 1. The molecule has 3 atom stereocenters. The second kappa shape index (κ2) is 9.41. The number of nitrogens with one attached hydrogen (secondary N) is 3. The summed E-state index contributed by atoms with van der Waals surface area (Å²) in [7, 11) is 1.73. The smallest absolute Gasteiger partial charge is 0.274 e. The van der Waals surface area contributed by atoms with Crippen LogP contribution in [0.2, 0.25) is 0 Å². The minimum Gasteiger partial charge on any atom is -0.388 e. The lowest BCUT2D eigenvalue weighted by molar-refractivity contribution is 0.0581. The van der Waals surface area contributed by atoms with Crippen LogP contribution in [0.25, 0.3) is 5.65 Å². The van der Waals surface area contributed by atoms with Gasteiger partial charge in [-0.25, -0.2) is 4.98 Å². The molecule has 0 saturated carbocycles. The fraction of sp³-hybridized carbons (Fsp3) is 0.455. The zero-order valence-electron chi connectivity index (χ0n) is 18.7. The highest BCUT2D eigenvalue weighted by Crippen LogP contribution is 2.22. The summed E-state index contributed by atoms with van der Waals surface area (Å²) in [6, 6.07) is 4.70. The third-order valence-electron chi connectivity index (χ3n) is 6.11. The summed E-state index contributed by atoms with van der Waals surface area (Å²) in [5, 5.41) is 23.1. The third-order valence-corrected chi connectivity index (χ3v) is 6.11. The van der Waals surface area contributed by atoms with Gasteiger partial charge in [0.1, 0.15) is 22.9 Å². The number of pyridine rings is 1. The van der Waals surface area contributed by atoms with Crippen LogP contribution >= 0.6 is 0 Å². The second-order valence-corrected chi connectivity index (χ2v) is 8.39. The molecular weight excluding hydrogens is 442 g/mol. The minimum absolute atomic E-state index is 0.00801. The number of anilines is 3. The summed E-state index contributed by atoms with van der Waals surface area (Å²) >= 11 is 0. The lowest BCUT2D eigenvalue weighted by Crippen LogP contribution is -2.42. The molecule has 2 fully saturated rings. The monoisotopic (exact) mass is 469 g/mol. The van der Waals surface area contributed by atoms with E-state index in [9.17, 15) is 14.7 Å². The van der Waals surface area contributed by atoms with E-state index in [2.05, 4.69) is 26.0 Å². The molecule has 3 aromatic rings. The molecule has 0 radical (unpaired) electrons. The quantitative estimate of drug-likeness (QED) is 0.406. The highest BCUT2D eigenvalue weighted by molar-refractivity contribution is 6.00. The number of hydrogen-bond donors (Lipinski definition) is 4. The number of nitrogens with zero attached hydrogens (tertiary/aromatic N) is 4. The maximum atomic E-state index is 13.1. The van der Waals surface area contributed by atoms with Crippen molar-refractivity contribution in [2.24, 2.45) is 0 Å². The SMILES string of the molecule is CNc1cc(Nc2cccn([C@@H]3CCCOC3)c2=O)nc2c(C(=O)NC3COC[C@@H]3O)cnn12. The van der Waals surface area contributed by atoms with Crippen LogP contribution in [0.1, 0.15) is 29.2 Å². The number of aliphatic hydroxyl groups is 1. The molecule has 1 amide bonds. The Morgan fingerprint density at radius 2 is 2.15 bits per heavy atom. The van der Waals surface area contributed by atoms with E-state index in [1.165, 1.54) is 10.7 Å². The van der Waals surface area contributed by atoms with E-state index in [1.54, 1.807) is 29.9 Å². The third kappa shape index (κ3) is 4.22. The molecule has 12 heteroatoms. The first kappa shape index (κ1) is 22.3. The van der Waals surface area contributed by atoms with Crippen molar-refractivity contribution >= 4 is 28.9 Å². The Balaban J connectivity index is 1.46. The molecule has 12 nitrogen and oxygen atoms in total. The average Bonchev–Trinajstić information content (AvgIpc) is 3.46. The van der Waals surface area contributed by atoms with Crippen LogP contribution in [-0.4, -0.2) is 75.8 Å². The molecule has 2 saturated heterocycles. The van der Waals surface area contributed by atoms with Gasteiger partial charge in [-0.15, -0.1) is 0 Å². The lowest BCUT2D eigenvalue weighted by Gasteiger charge is -2.24. The number of aromatic nitrogens is 4. The summed E-state index contributed by atoms with van der Waals surface area (Å²) < 4.78 is 13.9. The van der Waals surface area contributed by atoms with E-state index >= 15 is 0 Å². The van der Waals surface area contributed by atoms with E-state index in [0.29, 0.717) is 36.2 Å². The Bertz CT molecular complexity index is 1250. The largest absolute Gasteiger partial charge is 0.388 e. The molecule has 2 aliphatic heterocycles. The molecule has 3 aromatic heterocycles. The maximum Gasteiger partial charge on any atom is 0.274 e. The van der Waals surface area contributed by atoms with Crippen LogP contribution in [0.3, 0.4) is 0 Å². The number of ether oxygens (including phenoxy) is 2. The fourth-order valence-electron chi connectivity index (χ4n) is 4.27. The second-order valence-electron chi connectivity index (χ2n) is 8.39. The van der Waals surface area contributed by atoms with Gasteiger partial charge >= 0.3 is 0 Å². The van der Waals surface area contributed by atoms with Crippen LogP contribution < -0.4 is 21.5 Å². The van der Waals surface area contributed by atoms with Crippen molar-refractivity contribution in [1.82, 2.24) is 24.5 Å². The fourth-order valence-corrected chi connectivity index (χ4v) is 4.27. The van der Waals surface area contributed by atoms with Crippen molar-refractivity contribution in [3.05, 3.63) is 46.5 Å². The van der Waals surface area contributed by atoms with E-state index in [-0.39, 0.29) is 30.4 Å². The molecule has 0 bridgehead atoms. The number of amides is 1. The zero-order chi connectivity index (χ0) is 23.7. The standard InChI is InChI=1S/C22H27N7O5/c1-23-19-8-18(25-15-5-2-6-28(22(15)32)13-4-3-7-33-10-13)27-20-14(9-24-29(19)20)21(31)26-16-11-34-12-17(16)30/h2,5-6,8-9,13,16-17,23,30H,3-4,7,10-12H2,1H3,(H,25,27)(H,26,31)/t13-,16?,17+/m1/s1. The Morgan fingerprint density at radius 1 is 1.26 bits per heavy atom. The van der Waals surface area contributed by atoms with Gasteiger partial charge < -0.3 is 35.1 Å². The predicted octanol–water partition coefficient (Wildman–Crippen LogP) is 0.517. The van der Waals surface area contributed by atoms with Gasteiger partial charge in [0.2, 0.25) is 0 Å². The maximum absolute atomic E-state index is 13.1. The lowest BCUT2D eigenvalue weighted by atomic mass is 10.1. The van der Waals surface area contributed by atoms with E-state index in [1.807, 2.05) is 6.07 Å². The Morgan fingerprint density at radius 3 is 2.88 bits per heavy atom. The first-order chi connectivity index (χ1) is 16.5. The van der Waals surface area contributed by atoms with Gasteiger partial charge in [-0.05, 0) is 25.0 Å². The highest BCUT2D eigenvalue weighted by Gasteiger charge is 2.29. The van der Waals surface area contributed by atoms with Crippen molar-refractivity contribution in [3.8, 4) is 0 Å². The molecule has 0 aromatic carbocycles. The van der Waals surface area contributed by atoms with Gasteiger partial charge in [0.05, 0.1) is 44.2 Å². The van der Waals surface area contributed by atoms with Crippen LogP contribution in [-0.2, 0) is 9.47 Å². The summed E-state index contributed by atoms with van der Waals surface area (Å²) in [6.45, 7) is 1.64. The van der Waals surface area contributed by atoms with Crippen LogP contribution in [0.5, 0.6) is 0 Å². The average molecular weight is 470 g/mol. The molecule has 5 rings (SSSR count). The molecule has 4 N–H and O–H groups in total. The number of aliphatic hydroxyl groups excluding tert-OH is 1. The van der Waals surface area contributed by atoms with Crippen molar-refractivity contribution in [3.63, 3.8) is 0 Å². The predicted molar refractivity (Wildman–Crippen MR) is 124 cm³/mol. The molecule has 0 aliphatic carbocycles. The molecule has 34 heavy (non-hydrogen) atoms. The van der Waals surface area contributed by atoms with Gasteiger partial charge in [-0.2, -0.15) is 9.61 Å². The molecule has 0 spiro atoms. The van der Waals surface area contributed by atoms with Crippen molar-refractivity contribution in [2.45, 2.75) is 31.0 Å². The highest BCUT2D eigenvalue weighted by atomic mass is 16.5. The van der Waals surface area contributed by atoms with E-state index in [4.69, 9.17) is 9.47 Å². The summed E-state index contributed by atoms with van der Waals surface area (Å²) in [5.74, 6) is 0.536. The van der Waals surface area contributed by atoms with Crippen molar-refractivity contribution < 1.29 is 19.4 Å². The van der Waals surface area contributed by atoms with E-state index in [0.717, 1.165) is 12.8 Å². The van der Waals surface area contributed by atoms with Gasteiger partial charge in [0.25, 0.3) is 11.5 Å². The molecule has 1 unspecified atom stereocenters. The molecular formula is C22H27N7O5. The first-order valence-electron chi connectivity index (χ1n) is 11.2. The Hall–Kier alpha value is -3.48. The Kier molecular flexibility index (Phi) is 6.18. The molecule has 180 valence electrons. The van der Waals surface area contributed by atoms with Gasteiger partial charge in [0, 0.05) is 25.9 Å². The van der Waals surface area contributed by atoms with E-state index < -0.39 is 18.1 Å². The van der Waals surface area contributed by atoms with Crippen molar-refractivity contribution in [1.29, 1.82) is 0 Å². The molecule has 5 heterocycles. The number of hydrogen-bond acceptors (Lipinski definition) is 9. The zero-order valence-corrected chi connectivity index (χ0v) is 18.7. The summed E-state index contributed by atoms with van der Waals surface area (Å²) in [5.41, 5.74) is 0.734. The van der Waals surface area contributed by atoms with Crippen LogP contribution in [0, 0.1) is 0 Å².